The van der Waals surface area contributed by atoms with Gasteiger partial charge in [0.25, 0.3) is 0 Å². The molecule has 0 saturated carbocycles. The number of nitriles is 2. The Balaban J connectivity index is 0.000000437. The minimum absolute atomic E-state index is 0. The summed E-state index contributed by atoms with van der Waals surface area (Å²) in [6.45, 7) is 0. The van der Waals surface area contributed by atoms with E-state index >= 15 is 0 Å². The van der Waals surface area contributed by atoms with Crippen LogP contribution in [0.15, 0.2) is 168 Å². The van der Waals surface area contributed by atoms with Crippen molar-refractivity contribution in [3.63, 3.8) is 0 Å². The number of nitrogens with zero attached hydrogens (tertiary/aromatic N) is 6. The Kier molecular flexibility index (Phi) is 21.9. The van der Waals surface area contributed by atoms with Gasteiger partial charge in [-0.3, -0.25) is 20.0 Å². The van der Waals surface area contributed by atoms with Crippen molar-refractivity contribution >= 4 is 12.4 Å². The van der Waals surface area contributed by atoms with Gasteiger partial charge < -0.3 is 20.4 Å². The first-order valence-corrected chi connectivity index (χ1v) is 15.0. The molecule has 248 valence electrons. The summed E-state index contributed by atoms with van der Waals surface area (Å²) in [5, 5.41) is 53.6. The number of aromatic nitrogens is 2. The largest absolute Gasteiger partial charge is 2.00 e. The summed E-state index contributed by atoms with van der Waals surface area (Å²) < 4.78 is 0. The van der Waals surface area contributed by atoms with Crippen LogP contribution in [0.5, 0.6) is 11.5 Å². The smallest absolute Gasteiger partial charge is 0.872 e. The van der Waals surface area contributed by atoms with E-state index in [4.69, 9.17) is 20.7 Å². The Morgan fingerprint density at radius 2 is 0.788 bits per heavy atom. The SMILES string of the molecule is N#C[O-].N#C[O-].[O-]c1ccccc1C=N[C@@H](c1ccccc1)c1ccccn1.[O-]c1ccccc1C=N[C@H](c1ccccc1)c1ccccn1.[Zn+2].[Zn+2]. The summed E-state index contributed by atoms with van der Waals surface area (Å²) in [6.07, 6.45) is 7.77. The second-order valence-corrected chi connectivity index (χ2v) is 9.95. The Bertz CT molecular complexity index is 1770. The van der Waals surface area contributed by atoms with E-state index in [-0.39, 0.29) is 62.5 Å². The van der Waals surface area contributed by atoms with E-state index in [9.17, 15) is 10.2 Å². The molecule has 0 saturated heterocycles. The summed E-state index contributed by atoms with van der Waals surface area (Å²) in [6, 6.07) is 44.7. The molecule has 12 heteroatoms. The Morgan fingerprint density at radius 3 is 1.10 bits per heavy atom. The molecule has 0 radical (unpaired) electrons. The average molecular weight is 789 g/mol. The van der Waals surface area contributed by atoms with Crippen LogP contribution in [0.1, 0.15) is 45.7 Å². The van der Waals surface area contributed by atoms with Crippen LogP contribution >= 0.6 is 0 Å². The third kappa shape index (κ3) is 14.8. The van der Waals surface area contributed by atoms with Gasteiger partial charge in [-0.15, -0.1) is 11.5 Å². The molecular weight excluding hydrogens is 759 g/mol. The number of aliphatic imine (C=N–C) groups is 2. The van der Waals surface area contributed by atoms with Crippen molar-refractivity contribution < 1.29 is 59.4 Å². The molecule has 0 aliphatic rings. The molecule has 0 amide bonds. The van der Waals surface area contributed by atoms with E-state index in [1.165, 1.54) is 0 Å². The number of hydrogen-bond donors (Lipinski definition) is 0. The summed E-state index contributed by atoms with van der Waals surface area (Å²) in [5.74, 6) is -0.0573. The summed E-state index contributed by atoms with van der Waals surface area (Å²) >= 11 is 0. The fraction of sp³-hybridized carbons (Fsp3) is 0.0500. The predicted molar refractivity (Wildman–Crippen MR) is 183 cm³/mol. The maximum Gasteiger partial charge on any atom is 2.00 e. The standard InChI is InChI=1S/2C19H16N2O.2CHNO.2Zn/c2*22-18-12-5-4-10-16(18)14-21-19(15-8-2-1-3-9-15)17-11-6-7-13-20-17;2*2-1-3;;/h2*1-14,19,22H;2*3H;;/q;;;;2*+2/p-4/t2*19-;;;;/m10..../s1. The summed E-state index contributed by atoms with van der Waals surface area (Å²) in [5.41, 5.74) is 4.96. The van der Waals surface area contributed by atoms with Crippen molar-refractivity contribution in [3.05, 3.63) is 192 Å². The molecule has 0 N–H and O–H groups in total. The second kappa shape index (κ2) is 25.9. The summed E-state index contributed by atoms with van der Waals surface area (Å²) in [4.78, 5) is 18.0. The van der Waals surface area contributed by atoms with Crippen LogP contribution in [0.3, 0.4) is 0 Å². The first-order chi connectivity index (χ1) is 24.5. The number of rotatable bonds is 8. The van der Waals surface area contributed by atoms with Crippen molar-refractivity contribution in [2.24, 2.45) is 9.98 Å². The molecule has 2 atom stereocenters. The fourth-order valence-corrected chi connectivity index (χ4v) is 4.50. The van der Waals surface area contributed by atoms with Crippen LogP contribution in [0, 0.1) is 23.0 Å². The summed E-state index contributed by atoms with van der Waals surface area (Å²) in [7, 11) is 0. The number of pyridine rings is 2. The molecule has 4 aromatic carbocycles. The fourth-order valence-electron chi connectivity index (χ4n) is 4.50. The number of hydrogen-bond acceptors (Lipinski definition) is 10. The van der Waals surface area contributed by atoms with Gasteiger partial charge in [-0.05, 0) is 46.5 Å². The molecule has 6 aromatic rings. The van der Waals surface area contributed by atoms with Crippen LogP contribution in [0.4, 0.5) is 0 Å². The molecule has 0 unspecified atom stereocenters. The Hall–Kier alpha value is -6.05. The van der Waals surface area contributed by atoms with Crippen molar-refractivity contribution in [2.75, 3.05) is 0 Å². The van der Waals surface area contributed by atoms with Crippen LogP contribution in [-0.4, -0.2) is 22.4 Å². The second-order valence-electron chi connectivity index (χ2n) is 9.95. The van der Waals surface area contributed by atoms with E-state index in [1.54, 1.807) is 61.2 Å². The maximum atomic E-state index is 11.8. The zero-order chi connectivity index (χ0) is 35.8. The van der Waals surface area contributed by atoms with E-state index < -0.39 is 0 Å². The topological polar surface area (TPSA) is 190 Å². The molecule has 52 heavy (non-hydrogen) atoms. The molecule has 0 fully saturated rings. The van der Waals surface area contributed by atoms with Crippen LogP contribution in [0.2, 0.25) is 0 Å². The number of para-hydroxylation sites is 2. The molecule has 0 bridgehead atoms. The van der Waals surface area contributed by atoms with Crippen LogP contribution in [-0.2, 0) is 39.0 Å². The van der Waals surface area contributed by atoms with Gasteiger partial charge in [0.05, 0.1) is 11.4 Å². The van der Waals surface area contributed by atoms with Crippen molar-refractivity contribution in [3.8, 4) is 24.0 Å². The molecule has 10 nitrogen and oxygen atoms in total. The van der Waals surface area contributed by atoms with Gasteiger partial charge in [-0.2, -0.15) is 0 Å². The van der Waals surface area contributed by atoms with Gasteiger partial charge in [-0.25, -0.2) is 10.5 Å². The third-order valence-corrected chi connectivity index (χ3v) is 6.73. The molecule has 2 aromatic heterocycles. The molecule has 0 aliphatic carbocycles. The maximum absolute atomic E-state index is 11.8. The van der Waals surface area contributed by atoms with Gasteiger partial charge >= 0.3 is 39.0 Å². The predicted octanol–water partition coefficient (Wildman–Crippen LogP) is 4.38. The first kappa shape index (κ1) is 44.0. The van der Waals surface area contributed by atoms with E-state index in [2.05, 4.69) is 20.0 Å². The van der Waals surface area contributed by atoms with E-state index in [1.807, 2.05) is 109 Å². The van der Waals surface area contributed by atoms with Gasteiger partial charge in [0.1, 0.15) is 12.1 Å². The quantitative estimate of drug-likeness (QED) is 0.123. The molecule has 2 heterocycles. The van der Waals surface area contributed by atoms with Crippen molar-refractivity contribution in [2.45, 2.75) is 12.1 Å². The molecule has 6 rings (SSSR count). The number of benzene rings is 4. The Morgan fingerprint density at radius 1 is 0.481 bits per heavy atom. The van der Waals surface area contributed by atoms with Crippen LogP contribution in [0.25, 0.3) is 0 Å². The van der Waals surface area contributed by atoms with Crippen molar-refractivity contribution in [1.29, 1.82) is 10.5 Å². The minimum Gasteiger partial charge on any atom is -0.872 e. The van der Waals surface area contributed by atoms with Crippen molar-refractivity contribution in [1.82, 2.24) is 9.97 Å². The van der Waals surface area contributed by atoms with Gasteiger partial charge in [0.2, 0.25) is 0 Å². The van der Waals surface area contributed by atoms with Gasteiger partial charge in [0, 0.05) is 37.3 Å². The molecule has 0 aliphatic heterocycles. The van der Waals surface area contributed by atoms with Gasteiger partial charge in [-0.1, -0.05) is 121 Å². The zero-order valence-electron chi connectivity index (χ0n) is 28.1. The third-order valence-electron chi connectivity index (χ3n) is 6.73. The van der Waals surface area contributed by atoms with Crippen LogP contribution < -0.4 is 20.4 Å². The first-order valence-electron chi connectivity index (χ1n) is 15.0. The molecular formula is C40H30N6O4Zn2. The minimum atomic E-state index is -0.220. The van der Waals surface area contributed by atoms with E-state index in [0.717, 1.165) is 22.5 Å². The molecule has 0 spiro atoms. The van der Waals surface area contributed by atoms with E-state index in [0.29, 0.717) is 23.6 Å². The average Bonchev–Trinajstić information content (AvgIpc) is 3.16. The monoisotopic (exact) mass is 786 g/mol. The zero-order valence-corrected chi connectivity index (χ0v) is 34.0. The normalized spacial score (nSPS) is 10.7. The Labute approximate surface area is 328 Å². The van der Waals surface area contributed by atoms with Gasteiger partial charge in [0.15, 0.2) is 0 Å².